The average Bonchev–Trinajstić information content (AvgIpc) is 2.48. The van der Waals surface area contributed by atoms with Crippen LogP contribution in [0.1, 0.15) is 6.92 Å². The Labute approximate surface area is 130 Å². The van der Waals surface area contributed by atoms with E-state index in [1.165, 1.54) is 5.69 Å². The third-order valence-electron chi connectivity index (χ3n) is 3.13. The summed E-state index contributed by atoms with van der Waals surface area (Å²) in [6.07, 6.45) is 0. The smallest absolute Gasteiger partial charge is 0.0638 e. The van der Waals surface area contributed by atoms with Crippen LogP contribution in [0, 0.1) is 0 Å². The van der Waals surface area contributed by atoms with Crippen LogP contribution in [0.4, 0.5) is 11.4 Å². The molecule has 0 aliphatic heterocycles. The van der Waals surface area contributed by atoms with Crippen LogP contribution in [0.25, 0.3) is 0 Å². The second-order valence-electron chi connectivity index (χ2n) is 4.47. The van der Waals surface area contributed by atoms with Gasteiger partial charge in [-0.3, -0.25) is 0 Å². The summed E-state index contributed by atoms with van der Waals surface area (Å²) in [7, 11) is 0. The van der Waals surface area contributed by atoms with Gasteiger partial charge in [0.1, 0.15) is 0 Å². The molecule has 0 unspecified atom stereocenters. The van der Waals surface area contributed by atoms with Gasteiger partial charge < -0.3 is 10.2 Å². The Morgan fingerprint density at radius 3 is 2.50 bits per heavy atom. The number of rotatable bonds is 6. The molecular weight excluding hydrogens is 291 g/mol. The van der Waals surface area contributed by atoms with Crippen LogP contribution < -0.4 is 10.2 Å². The molecule has 2 rings (SSSR count). The van der Waals surface area contributed by atoms with Crippen molar-refractivity contribution in [3.8, 4) is 0 Å². The first-order valence-electron chi connectivity index (χ1n) is 6.69. The Hall–Kier alpha value is -1.38. The van der Waals surface area contributed by atoms with Crippen molar-refractivity contribution in [2.24, 2.45) is 0 Å². The Bertz CT molecular complexity index is 543. The molecule has 0 saturated carbocycles. The molecule has 0 aromatic heterocycles. The normalized spacial score (nSPS) is 10.3. The van der Waals surface area contributed by atoms with Crippen LogP contribution in [-0.4, -0.2) is 19.6 Å². The van der Waals surface area contributed by atoms with Gasteiger partial charge in [0, 0.05) is 30.3 Å². The Balaban J connectivity index is 1.93. The predicted molar refractivity (Wildman–Crippen MR) is 89.3 cm³/mol. The van der Waals surface area contributed by atoms with Gasteiger partial charge in [-0.2, -0.15) is 0 Å². The molecule has 1 N–H and O–H groups in total. The maximum Gasteiger partial charge on any atom is 0.0638 e. The fourth-order valence-electron chi connectivity index (χ4n) is 2.07. The molecular formula is C16H18Cl2N2. The fourth-order valence-corrected chi connectivity index (χ4v) is 2.42. The molecule has 20 heavy (non-hydrogen) atoms. The van der Waals surface area contributed by atoms with Gasteiger partial charge in [-0.25, -0.2) is 0 Å². The van der Waals surface area contributed by atoms with E-state index >= 15 is 0 Å². The molecule has 0 heterocycles. The number of halogens is 2. The van der Waals surface area contributed by atoms with E-state index < -0.39 is 0 Å². The van der Waals surface area contributed by atoms with Gasteiger partial charge in [-0.05, 0) is 37.3 Å². The number of likely N-dealkylation sites (N-methyl/N-ethyl adjacent to an activating group) is 1. The first-order chi connectivity index (χ1) is 9.70. The highest BCUT2D eigenvalue weighted by Gasteiger charge is 2.04. The maximum absolute atomic E-state index is 6.13. The lowest BCUT2D eigenvalue weighted by Gasteiger charge is -2.23. The third-order valence-corrected chi connectivity index (χ3v) is 3.69. The number of nitrogens with zero attached hydrogens (tertiary/aromatic N) is 1. The summed E-state index contributed by atoms with van der Waals surface area (Å²) >= 11 is 12.1. The SMILES string of the molecule is CCN(CCNc1cc(Cl)ccc1Cl)c1ccccc1. The molecule has 0 radical (unpaired) electrons. The van der Waals surface area contributed by atoms with E-state index in [-0.39, 0.29) is 0 Å². The van der Waals surface area contributed by atoms with Gasteiger partial charge in [0.25, 0.3) is 0 Å². The number of nitrogens with one attached hydrogen (secondary N) is 1. The second-order valence-corrected chi connectivity index (χ2v) is 5.31. The second kappa shape index (κ2) is 7.41. The largest absolute Gasteiger partial charge is 0.382 e. The van der Waals surface area contributed by atoms with E-state index in [0.29, 0.717) is 10.0 Å². The molecule has 0 aliphatic rings. The van der Waals surface area contributed by atoms with Crippen molar-refractivity contribution in [3.05, 3.63) is 58.6 Å². The first kappa shape index (κ1) is 15.0. The van der Waals surface area contributed by atoms with Gasteiger partial charge in [0.2, 0.25) is 0 Å². The van der Waals surface area contributed by atoms with Crippen molar-refractivity contribution in [1.29, 1.82) is 0 Å². The van der Waals surface area contributed by atoms with E-state index in [2.05, 4.69) is 41.4 Å². The third kappa shape index (κ3) is 4.06. The molecule has 2 aromatic rings. The van der Waals surface area contributed by atoms with E-state index in [1.54, 1.807) is 12.1 Å². The van der Waals surface area contributed by atoms with E-state index in [0.717, 1.165) is 25.3 Å². The molecule has 0 fully saturated rings. The first-order valence-corrected chi connectivity index (χ1v) is 7.45. The minimum atomic E-state index is 0.687. The standard InChI is InChI=1S/C16H18Cl2N2/c1-2-20(14-6-4-3-5-7-14)11-10-19-16-12-13(17)8-9-15(16)18/h3-9,12,19H,2,10-11H2,1H3. The Morgan fingerprint density at radius 2 is 1.80 bits per heavy atom. The highest BCUT2D eigenvalue weighted by atomic mass is 35.5. The average molecular weight is 309 g/mol. The van der Waals surface area contributed by atoms with Crippen LogP contribution in [0.15, 0.2) is 48.5 Å². The van der Waals surface area contributed by atoms with E-state index in [9.17, 15) is 0 Å². The summed E-state index contributed by atoms with van der Waals surface area (Å²) < 4.78 is 0. The summed E-state index contributed by atoms with van der Waals surface area (Å²) in [4.78, 5) is 2.31. The zero-order chi connectivity index (χ0) is 14.4. The topological polar surface area (TPSA) is 15.3 Å². The molecule has 4 heteroatoms. The van der Waals surface area contributed by atoms with E-state index in [1.807, 2.05) is 12.1 Å². The van der Waals surface area contributed by atoms with Crippen LogP contribution in [-0.2, 0) is 0 Å². The summed E-state index contributed by atoms with van der Waals surface area (Å²) in [6.45, 7) is 4.83. The van der Waals surface area contributed by atoms with Crippen molar-refractivity contribution in [1.82, 2.24) is 0 Å². The quantitative estimate of drug-likeness (QED) is 0.813. The minimum absolute atomic E-state index is 0.687. The number of hydrogen-bond donors (Lipinski definition) is 1. The number of anilines is 2. The zero-order valence-corrected chi connectivity index (χ0v) is 13.0. The predicted octanol–water partition coefficient (Wildman–Crippen LogP) is 4.93. The molecule has 0 amide bonds. The van der Waals surface area contributed by atoms with Gasteiger partial charge in [-0.15, -0.1) is 0 Å². The van der Waals surface area contributed by atoms with E-state index in [4.69, 9.17) is 23.2 Å². The van der Waals surface area contributed by atoms with Crippen molar-refractivity contribution >= 4 is 34.6 Å². The number of para-hydroxylation sites is 1. The van der Waals surface area contributed by atoms with Crippen molar-refractivity contribution in [3.63, 3.8) is 0 Å². The molecule has 0 bridgehead atoms. The monoisotopic (exact) mass is 308 g/mol. The van der Waals surface area contributed by atoms with Gasteiger partial charge in [0.15, 0.2) is 0 Å². The van der Waals surface area contributed by atoms with Gasteiger partial charge >= 0.3 is 0 Å². The van der Waals surface area contributed by atoms with Gasteiger partial charge in [0.05, 0.1) is 10.7 Å². The molecule has 0 spiro atoms. The highest BCUT2D eigenvalue weighted by molar-refractivity contribution is 6.35. The number of benzene rings is 2. The Kier molecular flexibility index (Phi) is 5.57. The maximum atomic E-state index is 6.13. The molecule has 2 nitrogen and oxygen atoms in total. The molecule has 2 aromatic carbocycles. The highest BCUT2D eigenvalue weighted by Crippen LogP contribution is 2.25. The molecule has 106 valence electrons. The minimum Gasteiger partial charge on any atom is -0.382 e. The fraction of sp³-hybridized carbons (Fsp3) is 0.250. The summed E-state index contributed by atoms with van der Waals surface area (Å²) in [6, 6.07) is 15.8. The molecule has 0 aliphatic carbocycles. The van der Waals surface area contributed by atoms with Crippen LogP contribution in [0.5, 0.6) is 0 Å². The van der Waals surface area contributed by atoms with Crippen molar-refractivity contribution in [2.75, 3.05) is 29.9 Å². The van der Waals surface area contributed by atoms with Crippen LogP contribution in [0.2, 0.25) is 10.0 Å². The number of hydrogen-bond acceptors (Lipinski definition) is 2. The lowest BCUT2D eigenvalue weighted by atomic mass is 10.3. The van der Waals surface area contributed by atoms with Crippen molar-refractivity contribution < 1.29 is 0 Å². The van der Waals surface area contributed by atoms with Crippen molar-refractivity contribution in [2.45, 2.75) is 6.92 Å². The van der Waals surface area contributed by atoms with Gasteiger partial charge in [-0.1, -0.05) is 41.4 Å². The molecule has 0 atom stereocenters. The lowest BCUT2D eigenvalue weighted by molar-refractivity contribution is 0.835. The van der Waals surface area contributed by atoms with Crippen LogP contribution >= 0.6 is 23.2 Å². The van der Waals surface area contributed by atoms with Crippen LogP contribution in [0.3, 0.4) is 0 Å². The summed E-state index contributed by atoms with van der Waals surface area (Å²) in [5, 5.41) is 4.71. The summed E-state index contributed by atoms with van der Waals surface area (Å²) in [5.41, 5.74) is 2.11. The lowest BCUT2D eigenvalue weighted by Crippen LogP contribution is -2.28. The zero-order valence-electron chi connectivity index (χ0n) is 11.4. The Morgan fingerprint density at radius 1 is 1.05 bits per heavy atom. The molecule has 0 saturated heterocycles. The summed E-state index contributed by atoms with van der Waals surface area (Å²) in [5.74, 6) is 0.